The van der Waals surface area contributed by atoms with E-state index in [2.05, 4.69) is 20.8 Å². The van der Waals surface area contributed by atoms with Crippen LogP contribution in [0.15, 0.2) is 18.2 Å². The number of rotatable bonds is 2. The molecule has 0 aromatic heterocycles. The molecule has 1 aromatic carbocycles. The lowest BCUT2D eigenvalue weighted by atomic mass is 10.2. The van der Waals surface area contributed by atoms with Crippen molar-refractivity contribution in [3.63, 3.8) is 0 Å². The minimum Gasteiger partial charge on any atom is -0.369 e. The molecule has 1 aliphatic rings. The predicted octanol–water partition coefficient (Wildman–Crippen LogP) is 4.10. The molecule has 0 N–H and O–H groups in total. The van der Waals surface area contributed by atoms with Gasteiger partial charge in [-0.3, -0.25) is 0 Å². The maximum atomic E-state index is 13.9. The fraction of sp³-hybridized carbons (Fsp3) is 0.538. The van der Waals surface area contributed by atoms with Gasteiger partial charge in [-0.25, -0.2) is 4.39 Å². The Labute approximate surface area is 105 Å². The first-order chi connectivity index (χ1) is 7.81. The van der Waals surface area contributed by atoms with E-state index >= 15 is 0 Å². The molecule has 88 valence electrons. The molecule has 0 radical (unpaired) electrons. The molecule has 1 saturated heterocycles. The van der Waals surface area contributed by atoms with Crippen molar-refractivity contribution in [3.05, 3.63) is 29.6 Å². The van der Waals surface area contributed by atoms with Crippen LogP contribution in [0.2, 0.25) is 0 Å². The van der Waals surface area contributed by atoms with Crippen molar-refractivity contribution in [2.45, 2.75) is 31.0 Å². The summed E-state index contributed by atoms with van der Waals surface area (Å²) in [6.07, 6.45) is 4.91. The van der Waals surface area contributed by atoms with Gasteiger partial charge in [0.1, 0.15) is 5.82 Å². The van der Waals surface area contributed by atoms with Gasteiger partial charge in [0.05, 0.1) is 5.69 Å². The Morgan fingerprint density at radius 3 is 2.38 bits per heavy atom. The molecule has 16 heavy (non-hydrogen) atoms. The molecule has 0 bridgehead atoms. The molecular formula is C13H17BrFN. The van der Waals surface area contributed by atoms with Crippen molar-refractivity contribution in [2.75, 3.05) is 18.0 Å². The van der Waals surface area contributed by atoms with Gasteiger partial charge < -0.3 is 4.90 Å². The molecule has 1 aliphatic heterocycles. The van der Waals surface area contributed by atoms with Crippen molar-refractivity contribution in [1.82, 2.24) is 0 Å². The second-order valence-electron chi connectivity index (χ2n) is 4.32. The van der Waals surface area contributed by atoms with Gasteiger partial charge in [0.2, 0.25) is 0 Å². The number of anilines is 1. The summed E-state index contributed by atoms with van der Waals surface area (Å²) >= 11 is 3.34. The minimum absolute atomic E-state index is 0.0844. The highest BCUT2D eigenvalue weighted by Gasteiger charge is 2.13. The van der Waals surface area contributed by atoms with Gasteiger partial charge in [-0.1, -0.05) is 34.8 Å². The van der Waals surface area contributed by atoms with E-state index in [9.17, 15) is 4.39 Å². The lowest BCUT2D eigenvalue weighted by Crippen LogP contribution is -2.24. The number of halogens is 2. The molecule has 0 saturated carbocycles. The van der Waals surface area contributed by atoms with Gasteiger partial charge in [0.25, 0.3) is 0 Å². The highest BCUT2D eigenvalue weighted by molar-refractivity contribution is 9.08. The standard InChI is InChI=1S/C13H17BrFN/c14-10-11-5-6-13(12(15)9-11)16-7-3-1-2-4-8-16/h5-6,9H,1-4,7-8,10H2. The normalized spacial score (nSPS) is 17.2. The van der Waals surface area contributed by atoms with E-state index in [1.165, 1.54) is 25.7 Å². The summed E-state index contributed by atoms with van der Waals surface area (Å²) in [6.45, 7) is 1.98. The van der Waals surface area contributed by atoms with Crippen LogP contribution < -0.4 is 4.90 Å². The van der Waals surface area contributed by atoms with E-state index in [0.717, 1.165) is 24.3 Å². The maximum Gasteiger partial charge on any atom is 0.146 e. The van der Waals surface area contributed by atoms with Gasteiger partial charge in [-0.05, 0) is 30.5 Å². The Kier molecular flexibility index (Phi) is 4.22. The second-order valence-corrected chi connectivity index (χ2v) is 4.88. The van der Waals surface area contributed by atoms with Gasteiger partial charge in [0.15, 0.2) is 0 Å². The zero-order valence-electron chi connectivity index (χ0n) is 9.38. The zero-order chi connectivity index (χ0) is 11.4. The number of benzene rings is 1. The van der Waals surface area contributed by atoms with E-state index in [0.29, 0.717) is 5.33 Å². The van der Waals surface area contributed by atoms with Gasteiger partial charge in [0, 0.05) is 18.4 Å². The molecule has 1 aromatic rings. The Hall–Kier alpha value is -0.570. The highest BCUT2D eigenvalue weighted by Crippen LogP contribution is 2.24. The third-order valence-electron chi connectivity index (χ3n) is 3.11. The lowest BCUT2D eigenvalue weighted by molar-refractivity contribution is 0.615. The SMILES string of the molecule is Fc1cc(CBr)ccc1N1CCCCCC1. The van der Waals surface area contributed by atoms with Crippen LogP contribution in [0, 0.1) is 5.82 Å². The first-order valence-corrected chi connectivity index (χ1v) is 7.03. The van der Waals surface area contributed by atoms with E-state index in [1.807, 2.05) is 12.1 Å². The summed E-state index contributed by atoms with van der Waals surface area (Å²) in [4.78, 5) is 2.18. The van der Waals surface area contributed by atoms with Crippen molar-refractivity contribution >= 4 is 21.6 Å². The third kappa shape index (κ3) is 2.76. The van der Waals surface area contributed by atoms with Crippen LogP contribution >= 0.6 is 15.9 Å². The van der Waals surface area contributed by atoms with Gasteiger partial charge in [-0.2, -0.15) is 0 Å². The summed E-state index contributed by atoms with van der Waals surface area (Å²) in [6, 6.07) is 5.55. The van der Waals surface area contributed by atoms with Crippen LogP contribution in [0.25, 0.3) is 0 Å². The van der Waals surface area contributed by atoms with Crippen LogP contribution in [-0.4, -0.2) is 13.1 Å². The second kappa shape index (κ2) is 5.67. The molecule has 0 unspecified atom stereocenters. The highest BCUT2D eigenvalue weighted by atomic mass is 79.9. The average molecular weight is 286 g/mol. The largest absolute Gasteiger partial charge is 0.369 e. The van der Waals surface area contributed by atoms with E-state index in [4.69, 9.17) is 0 Å². The van der Waals surface area contributed by atoms with E-state index < -0.39 is 0 Å². The zero-order valence-corrected chi connectivity index (χ0v) is 11.0. The lowest BCUT2D eigenvalue weighted by Gasteiger charge is -2.23. The Morgan fingerprint density at radius 2 is 1.81 bits per heavy atom. The maximum absolute atomic E-state index is 13.9. The van der Waals surface area contributed by atoms with Crippen LogP contribution in [0.1, 0.15) is 31.2 Å². The molecule has 0 atom stereocenters. The minimum atomic E-state index is -0.0844. The van der Waals surface area contributed by atoms with Crippen molar-refractivity contribution in [1.29, 1.82) is 0 Å². The molecular weight excluding hydrogens is 269 g/mol. The van der Waals surface area contributed by atoms with Gasteiger partial charge >= 0.3 is 0 Å². The molecule has 1 heterocycles. The molecule has 1 fully saturated rings. The molecule has 0 aliphatic carbocycles. The number of alkyl halides is 1. The van der Waals surface area contributed by atoms with Crippen LogP contribution in [0.4, 0.5) is 10.1 Å². The Bertz CT molecular complexity index is 346. The summed E-state index contributed by atoms with van der Waals surface area (Å²) in [5.41, 5.74) is 1.77. The Morgan fingerprint density at radius 1 is 1.12 bits per heavy atom. The summed E-state index contributed by atoms with van der Waals surface area (Å²) in [5.74, 6) is -0.0844. The monoisotopic (exact) mass is 285 g/mol. The average Bonchev–Trinajstić information content (AvgIpc) is 2.57. The first-order valence-electron chi connectivity index (χ1n) is 5.90. The number of hydrogen-bond donors (Lipinski definition) is 0. The smallest absolute Gasteiger partial charge is 0.146 e. The van der Waals surface area contributed by atoms with Crippen LogP contribution in [-0.2, 0) is 5.33 Å². The molecule has 3 heteroatoms. The summed E-state index contributed by atoms with van der Waals surface area (Å²) < 4.78 is 13.9. The molecule has 1 nitrogen and oxygen atoms in total. The quantitative estimate of drug-likeness (QED) is 0.740. The summed E-state index contributed by atoms with van der Waals surface area (Å²) in [7, 11) is 0. The molecule has 2 rings (SSSR count). The van der Waals surface area contributed by atoms with E-state index in [-0.39, 0.29) is 5.82 Å². The predicted molar refractivity (Wildman–Crippen MR) is 69.7 cm³/mol. The first kappa shape index (κ1) is 11.9. The Balaban J connectivity index is 2.18. The van der Waals surface area contributed by atoms with Crippen molar-refractivity contribution in [3.8, 4) is 0 Å². The fourth-order valence-electron chi connectivity index (χ4n) is 2.20. The molecule has 0 amide bonds. The fourth-order valence-corrected chi connectivity index (χ4v) is 2.55. The molecule has 0 spiro atoms. The number of nitrogens with zero attached hydrogens (tertiary/aromatic N) is 1. The van der Waals surface area contributed by atoms with Crippen LogP contribution in [0.3, 0.4) is 0 Å². The van der Waals surface area contributed by atoms with Crippen molar-refractivity contribution < 1.29 is 4.39 Å². The van der Waals surface area contributed by atoms with Crippen LogP contribution in [0.5, 0.6) is 0 Å². The number of hydrogen-bond acceptors (Lipinski definition) is 1. The van der Waals surface area contributed by atoms with Gasteiger partial charge in [-0.15, -0.1) is 0 Å². The van der Waals surface area contributed by atoms with E-state index in [1.54, 1.807) is 6.07 Å². The van der Waals surface area contributed by atoms with Crippen molar-refractivity contribution in [2.24, 2.45) is 0 Å². The topological polar surface area (TPSA) is 3.24 Å². The summed E-state index contributed by atoms with van der Waals surface area (Å²) in [5, 5.41) is 0.712. The third-order valence-corrected chi connectivity index (χ3v) is 3.76.